The number of alkyl halides is 3. The Hall–Kier alpha value is -3.21. The van der Waals surface area contributed by atoms with Crippen molar-refractivity contribution >= 4 is 17.5 Å². The summed E-state index contributed by atoms with van der Waals surface area (Å²) in [5.41, 5.74) is 2.27. The van der Waals surface area contributed by atoms with Gasteiger partial charge in [0.05, 0.1) is 0 Å². The predicted molar refractivity (Wildman–Crippen MR) is 101 cm³/mol. The lowest BCUT2D eigenvalue weighted by Gasteiger charge is -2.31. The van der Waals surface area contributed by atoms with Crippen molar-refractivity contribution in [2.45, 2.75) is 37.6 Å². The van der Waals surface area contributed by atoms with Crippen LogP contribution in [0.15, 0.2) is 36.5 Å². The highest BCUT2D eigenvalue weighted by molar-refractivity contribution is 5.97. The fourth-order valence-electron chi connectivity index (χ4n) is 3.68. The maximum absolute atomic E-state index is 13.8. The van der Waals surface area contributed by atoms with Gasteiger partial charge in [-0.15, -0.1) is 0 Å². The van der Waals surface area contributed by atoms with Gasteiger partial charge in [0.1, 0.15) is 23.4 Å². The second kappa shape index (κ2) is 7.80. The van der Waals surface area contributed by atoms with Crippen molar-refractivity contribution < 1.29 is 37.0 Å². The van der Waals surface area contributed by atoms with Crippen LogP contribution in [-0.2, 0) is 9.53 Å². The molecule has 0 radical (unpaired) electrons. The molecular weight excluding hydrogens is 422 g/mol. The minimum Gasteiger partial charge on any atom is -0.508 e. The number of primary amides is 1. The second-order valence-corrected chi connectivity index (χ2v) is 7.44. The Kier molecular flexibility index (Phi) is 5.66. The second-order valence-electron chi connectivity index (χ2n) is 7.44. The van der Waals surface area contributed by atoms with Gasteiger partial charge in [0.15, 0.2) is 5.60 Å². The summed E-state index contributed by atoms with van der Waals surface area (Å²) in [6.07, 6.45) is -5.31. The highest BCUT2D eigenvalue weighted by Gasteiger charge is 2.65. The van der Waals surface area contributed by atoms with Crippen LogP contribution in [0.2, 0.25) is 0 Å². The molecule has 1 aliphatic rings. The number of pyridine rings is 1. The van der Waals surface area contributed by atoms with Gasteiger partial charge in [0.2, 0.25) is 0 Å². The predicted octanol–water partition coefficient (Wildman–Crippen LogP) is 3.10. The molecule has 11 heteroatoms. The summed E-state index contributed by atoms with van der Waals surface area (Å²) >= 11 is 0. The lowest BCUT2D eigenvalue weighted by Crippen LogP contribution is -2.47. The van der Waals surface area contributed by atoms with E-state index >= 15 is 0 Å². The first-order chi connectivity index (χ1) is 14.3. The third kappa shape index (κ3) is 4.05. The molecule has 1 aliphatic heterocycles. The summed E-state index contributed by atoms with van der Waals surface area (Å²) in [6.45, 7) is 2.06. The van der Waals surface area contributed by atoms with E-state index in [2.05, 4.69) is 10.3 Å². The number of halogens is 4. The van der Waals surface area contributed by atoms with Crippen LogP contribution in [0.5, 0.6) is 5.75 Å². The Labute approximate surface area is 174 Å². The highest BCUT2D eigenvalue weighted by atomic mass is 19.4. The van der Waals surface area contributed by atoms with Crippen LogP contribution in [0.25, 0.3) is 0 Å². The summed E-state index contributed by atoms with van der Waals surface area (Å²) in [5, 5.41) is 12.5. The van der Waals surface area contributed by atoms with Crippen molar-refractivity contribution in [3.05, 3.63) is 53.6 Å². The van der Waals surface area contributed by atoms with Gasteiger partial charge in [-0.05, 0) is 25.1 Å². The average Bonchev–Trinajstić information content (AvgIpc) is 2.94. The fraction of sp³-hybridized carbons (Fsp3) is 0.350. The third-order valence-electron chi connectivity index (χ3n) is 5.56. The molecule has 1 saturated heterocycles. The summed E-state index contributed by atoms with van der Waals surface area (Å²) < 4.78 is 60.1. The summed E-state index contributed by atoms with van der Waals surface area (Å²) in [6, 6.07) is 5.32. The SMILES string of the molecule is C[C@@H]1[C@@H](c2ccc(F)cc2O)[C@H](C(=O)Nc2ccnc(C(N)=O)c2)O[C@@]1(C)C(F)(F)F. The average molecular weight is 441 g/mol. The number of carbonyl (C=O) groups excluding carboxylic acids is 2. The van der Waals surface area contributed by atoms with Crippen molar-refractivity contribution in [3.63, 3.8) is 0 Å². The number of anilines is 1. The quantitative estimate of drug-likeness (QED) is 0.631. The lowest BCUT2D eigenvalue weighted by atomic mass is 9.77. The van der Waals surface area contributed by atoms with Gasteiger partial charge in [-0.25, -0.2) is 4.39 Å². The Morgan fingerprint density at radius 3 is 2.52 bits per heavy atom. The Morgan fingerprint density at radius 2 is 1.94 bits per heavy atom. The lowest BCUT2D eigenvalue weighted by molar-refractivity contribution is -0.272. The first-order valence-electron chi connectivity index (χ1n) is 9.15. The number of ether oxygens (including phenoxy) is 1. The van der Waals surface area contributed by atoms with Crippen molar-refractivity contribution in [1.82, 2.24) is 4.98 Å². The number of phenols is 1. The first-order valence-corrected chi connectivity index (χ1v) is 9.15. The molecule has 1 fully saturated rings. The van der Waals surface area contributed by atoms with E-state index in [1.54, 1.807) is 0 Å². The zero-order valence-electron chi connectivity index (χ0n) is 16.4. The normalized spacial score (nSPS) is 25.9. The van der Waals surface area contributed by atoms with Crippen LogP contribution >= 0.6 is 0 Å². The molecule has 2 aromatic rings. The van der Waals surface area contributed by atoms with Crippen LogP contribution in [-0.4, -0.2) is 39.8 Å². The highest BCUT2D eigenvalue weighted by Crippen LogP contribution is 2.54. The van der Waals surface area contributed by atoms with Gasteiger partial charge in [-0.3, -0.25) is 14.6 Å². The number of hydrogen-bond donors (Lipinski definition) is 3. The van der Waals surface area contributed by atoms with E-state index in [4.69, 9.17) is 10.5 Å². The molecular formula is C20H19F4N3O4. The first kappa shape index (κ1) is 22.5. The fourth-order valence-corrected chi connectivity index (χ4v) is 3.68. The molecule has 2 amide bonds. The van der Waals surface area contributed by atoms with Gasteiger partial charge in [0.25, 0.3) is 11.8 Å². The number of nitrogens with two attached hydrogens (primary N) is 1. The molecule has 3 rings (SSSR count). The van der Waals surface area contributed by atoms with Gasteiger partial charge in [-0.2, -0.15) is 13.2 Å². The smallest absolute Gasteiger partial charge is 0.417 e. The van der Waals surface area contributed by atoms with Crippen molar-refractivity contribution in [1.29, 1.82) is 0 Å². The largest absolute Gasteiger partial charge is 0.508 e. The molecule has 0 unspecified atom stereocenters. The Bertz CT molecular complexity index is 1030. The number of phenolic OH excluding ortho intramolecular Hbond substituents is 1. The number of carbonyl (C=O) groups is 2. The summed E-state index contributed by atoms with van der Waals surface area (Å²) in [4.78, 5) is 27.9. The molecule has 0 saturated carbocycles. The molecule has 4 atom stereocenters. The van der Waals surface area contributed by atoms with Crippen molar-refractivity contribution in [3.8, 4) is 5.75 Å². The zero-order valence-corrected chi connectivity index (χ0v) is 16.4. The maximum atomic E-state index is 13.8. The van der Waals surface area contributed by atoms with Crippen LogP contribution in [0.4, 0.5) is 23.2 Å². The number of nitrogens with one attached hydrogen (secondary N) is 1. The van der Waals surface area contributed by atoms with Crippen LogP contribution in [0.1, 0.15) is 35.8 Å². The number of benzene rings is 1. The van der Waals surface area contributed by atoms with Crippen LogP contribution < -0.4 is 11.1 Å². The minimum absolute atomic E-state index is 0.0606. The molecule has 2 heterocycles. The molecule has 7 nitrogen and oxygen atoms in total. The van der Waals surface area contributed by atoms with Gasteiger partial charge >= 0.3 is 6.18 Å². The molecule has 4 N–H and O–H groups in total. The molecule has 0 bridgehead atoms. The molecule has 166 valence electrons. The number of amides is 2. The molecule has 1 aromatic carbocycles. The Morgan fingerprint density at radius 1 is 1.26 bits per heavy atom. The van der Waals surface area contributed by atoms with Gasteiger partial charge in [0, 0.05) is 35.3 Å². The van der Waals surface area contributed by atoms with Gasteiger partial charge < -0.3 is 20.9 Å². The van der Waals surface area contributed by atoms with Crippen LogP contribution in [0, 0.1) is 11.7 Å². The standard InChI is InChI=1S/C20H19F4N3O4/c1-9-15(12-4-3-10(21)7-14(12)28)16(31-19(9,2)20(22,23)24)18(30)27-11-5-6-26-13(8-11)17(25)29/h3-9,15-16,28H,1-2H3,(H2,25,29)(H,26,27,30)/t9-,15+,16-,19-/m1/s1. The number of aromatic hydroxyl groups is 1. The number of aromatic nitrogens is 1. The monoisotopic (exact) mass is 441 g/mol. The maximum Gasteiger partial charge on any atom is 0.417 e. The molecule has 1 aromatic heterocycles. The number of nitrogens with zero attached hydrogens (tertiary/aromatic N) is 1. The van der Waals surface area contributed by atoms with Gasteiger partial charge in [-0.1, -0.05) is 13.0 Å². The van der Waals surface area contributed by atoms with Crippen molar-refractivity contribution in [2.24, 2.45) is 11.7 Å². The summed E-state index contributed by atoms with van der Waals surface area (Å²) in [5.74, 6) is -5.74. The number of hydrogen-bond acceptors (Lipinski definition) is 5. The van der Waals surface area contributed by atoms with E-state index in [1.807, 2.05) is 0 Å². The summed E-state index contributed by atoms with van der Waals surface area (Å²) in [7, 11) is 0. The van der Waals surface area contributed by atoms with Crippen LogP contribution in [0.3, 0.4) is 0 Å². The van der Waals surface area contributed by atoms with E-state index in [0.29, 0.717) is 0 Å². The van der Waals surface area contributed by atoms with E-state index in [-0.39, 0.29) is 16.9 Å². The minimum atomic E-state index is -4.83. The molecule has 31 heavy (non-hydrogen) atoms. The number of rotatable bonds is 4. The molecule has 0 spiro atoms. The van der Waals surface area contributed by atoms with E-state index in [0.717, 1.165) is 31.2 Å². The third-order valence-corrected chi connectivity index (χ3v) is 5.56. The van der Waals surface area contributed by atoms with E-state index < -0.39 is 53.1 Å². The van der Waals surface area contributed by atoms with E-state index in [9.17, 15) is 32.3 Å². The topological polar surface area (TPSA) is 115 Å². The zero-order chi connectivity index (χ0) is 23.1. The van der Waals surface area contributed by atoms with Crippen molar-refractivity contribution in [2.75, 3.05) is 5.32 Å². The van der Waals surface area contributed by atoms with E-state index in [1.165, 1.54) is 19.2 Å². The molecule has 0 aliphatic carbocycles. The Balaban J connectivity index is 2.01.